The van der Waals surface area contributed by atoms with E-state index in [4.69, 9.17) is 9.15 Å². The van der Waals surface area contributed by atoms with E-state index < -0.39 is 46.2 Å². The summed E-state index contributed by atoms with van der Waals surface area (Å²) in [6.07, 6.45) is 1.96. The van der Waals surface area contributed by atoms with Crippen LogP contribution >= 0.6 is 0 Å². The Kier molecular flexibility index (Phi) is 8.89. The molecule has 11 nitrogen and oxygen atoms in total. The number of nitrogens with zero attached hydrogens (tertiary/aromatic N) is 2. The number of aromatic nitrogens is 1. The molecule has 2 aromatic heterocycles. The van der Waals surface area contributed by atoms with E-state index in [0.29, 0.717) is 23.1 Å². The maximum Gasteiger partial charge on any atom is 0.287 e. The van der Waals surface area contributed by atoms with Gasteiger partial charge in [0, 0.05) is 18.1 Å². The Morgan fingerprint density at radius 1 is 1.20 bits per heavy atom. The maximum absolute atomic E-state index is 13.4. The molecule has 0 aliphatic carbocycles. The number of carbonyl (C=O) groups excluding carboxylic acids is 3. The van der Waals surface area contributed by atoms with Crippen molar-refractivity contribution >= 4 is 38.6 Å². The summed E-state index contributed by atoms with van der Waals surface area (Å²) in [5.74, 6) is -1.03. The zero-order chi connectivity index (χ0) is 29.0. The van der Waals surface area contributed by atoms with Gasteiger partial charge >= 0.3 is 0 Å². The first-order valence-corrected chi connectivity index (χ1v) is 14.5. The number of furan rings is 1. The Morgan fingerprint density at radius 3 is 2.65 bits per heavy atom. The molecule has 0 bridgehead atoms. The zero-order valence-corrected chi connectivity index (χ0v) is 23.7. The number of hydrogen-bond donors (Lipinski definition) is 2. The number of sulfonamides is 1. The van der Waals surface area contributed by atoms with Gasteiger partial charge in [0.2, 0.25) is 5.91 Å². The van der Waals surface area contributed by atoms with Crippen molar-refractivity contribution in [2.75, 3.05) is 20.2 Å². The molecule has 1 aliphatic heterocycles. The molecule has 1 aromatic carbocycles. The Labute approximate surface area is 233 Å². The summed E-state index contributed by atoms with van der Waals surface area (Å²) in [6.45, 7) is 5.37. The highest BCUT2D eigenvalue weighted by Gasteiger charge is 2.37. The summed E-state index contributed by atoms with van der Waals surface area (Å²) in [4.78, 5) is 43.5. The van der Waals surface area contributed by atoms with Crippen molar-refractivity contribution in [1.29, 1.82) is 0 Å². The van der Waals surface area contributed by atoms with Gasteiger partial charge in [0.15, 0.2) is 16.6 Å². The number of ether oxygens (including phenoxy) is 1. The highest BCUT2D eigenvalue weighted by molar-refractivity contribution is 7.89. The number of Topliss-reactive ketones (excluding diaryl/α,β-unsaturated/α-hetero) is 1. The average Bonchev–Trinajstić information content (AvgIpc) is 3.29. The first-order valence-electron chi connectivity index (χ1n) is 13.1. The van der Waals surface area contributed by atoms with E-state index in [1.807, 2.05) is 20.8 Å². The maximum atomic E-state index is 13.4. The van der Waals surface area contributed by atoms with Gasteiger partial charge in [0.05, 0.1) is 19.7 Å². The van der Waals surface area contributed by atoms with Gasteiger partial charge in [-0.2, -0.15) is 4.31 Å². The van der Waals surface area contributed by atoms with Crippen molar-refractivity contribution in [3.8, 4) is 5.75 Å². The van der Waals surface area contributed by atoms with Crippen molar-refractivity contribution in [3.05, 3.63) is 54.4 Å². The standard InChI is InChI=1S/C28H34N4O7S/c1-17(2)11-22(31-28(35)25-14-19-13-20(38-4)8-9-24(19)39-25)27(34)30-21-12-18(3)15-32(16-23(21)33)40(36,37)26-7-5-6-10-29-26/h5-10,13-14,17-18,21-22H,11-12,15-16H2,1-4H3,(H,30,34)(H,31,35)/t18?,21?,22-/m0/s1. The number of methoxy groups -OCH3 is 1. The van der Waals surface area contributed by atoms with Gasteiger partial charge in [-0.05, 0) is 61.1 Å². The molecular formula is C28H34N4O7S. The van der Waals surface area contributed by atoms with Gasteiger partial charge in [-0.25, -0.2) is 13.4 Å². The summed E-state index contributed by atoms with van der Waals surface area (Å²) in [6, 6.07) is 9.44. The van der Waals surface area contributed by atoms with Crippen LogP contribution in [0.1, 0.15) is 44.2 Å². The highest BCUT2D eigenvalue weighted by Crippen LogP contribution is 2.25. The van der Waals surface area contributed by atoms with Crippen LogP contribution in [-0.4, -0.2) is 67.6 Å². The second-order valence-corrected chi connectivity index (χ2v) is 12.4. The number of benzene rings is 1. The number of pyridine rings is 1. The molecule has 12 heteroatoms. The van der Waals surface area contributed by atoms with E-state index in [-0.39, 0.29) is 35.6 Å². The number of rotatable bonds is 9. The van der Waals surface area contributed by atoms with Crippen molar-refractivity contribution in [2.24, 2.45) is 11.8 Å². The monoisotopic (exact) mass is 570 g/mol. The summed E-state index contributed by atoms with van der Waals surface area (Å²) < 4.78 is 38.2. The van der Waals surface area contributed by atoms with Gasteiger partial charge < -0.3 is 19.8 Å². The first-order chi connectivity index (χ1) is 19.0. The minimum absolute atomic E-state index is 0.0411. The summed E-state index contributed by atoms with van der Waals surface area (Å²) in [5.41, 5.74) is 0.499. The van der Waals surface area contributed by atoms with Crippen molar-refractivity contribution in [2.45, 2.75) is 50.7 Å². The minimum atomic E-state index is -3.98. The first kappa shape index (κ1) is 29.2. The Bertz CT molecular complexity index is 1490. The molecule has 40 heavy (non-hydrogen) atoms. The molecular weight excluding hydrogens is 536 g/mol. The van der Waals surface area contributed by atoms with E-state index in [9.17, 15) is 22.8 Å². The van der Waals surface area contributed by atoms with Crippen LogP contribution in [0, 0.1) is 11.8 Å². The van der Waals surface area contributed by atoms with E-state index in [1.54, 1.807) is 43.5 Å². The van der Waals surface area contributed by atoms with Crippen LogP contribution in [0.3, 0.4) is 0 Å². The fraction of sp³-hybridized carbons (Fsp3) is 0.429. The van der Waals surface area contributed by atoms with E-state index >= 15 is 0 Å². The zero-order valence-electron chi connectivity index (χ0n) is 22.9. The van der Waals surface area contributed by atoms with Crippen LogP contribution in [0.2, 0.25) is 0 Å². The van der Waals surface area contributed by atoms with E-state index in [0.717, 1.165) is 4.31 Å². The lowest BCUT2D eigenvalue weighted by molar-refractivity contribution is -0.129. The normalized spacial score (nSPS) is 19.3. The van der Waals surface area contributed by atoms with Gasteiger partial charge in [-0.15, -0.1) is 0 Å². The van der Waals surface area contributed by atoms with Gasteiger partial charge in [0.1, 0.15) is 17.4 Å². The third-order valence-corrected chi connectivity index (χ3v) is 8.44. The average molecular weight is 571 g/mol. The molecule has 3 heterocycles. The van der Waals surface area contributed by atoms with E-state index in [1.165, 1.54) is 12.3 Å². The molecule has 2 unspecified atom stereocenters. The number of amides is 2. The molecule has 4 rings (SSSR count). The molecule has 3 aromatic rings. The van der Waals surface area contributed by atoms with Crippen LogP contribution in [0.4, 0.5) is 0 Å². The van der Waals surface area contributed by atoms with Gasteiger partial charge in [-0.1, -0.05) is 26.8 Å². The Hall–Kier alpha value is -3.77. The molecule has 0 saturated carbocycles. The van der Waals surface area contributed by atoms with Crippen LogP contribution < -0.4 is 15.4 Å². The summed E-state index contributed by atoms with van der Waals surface area (Å²) >= 11 is 0. The lowest BCUT2D eigenvalue weighted by Crippen LogP contribution is -2.52. The number of fused-ring (bicyclic) bond motifs is 1. The van der Waals surface area contributed by atoms with Crippen LogP contribution in [0.15, 0.2) is 58.1 Å². The molecule has 214 valence electrons. The third kappa shape index (κ3) is 6.68. The fourth-order valence-corrected chi connectivity index (χ4v) is 6.18. The molecule has 0 radical (unpaired) electrons. The number of nitrogens with one attached hydrogen (secondary N) is 2. The summed E-state index contributed by atoms with van der Waals surface area (Å²) in [7, 11) is -2.44. The minimum Gasteiger partial charge on any atom is -0.497 e. The van der Waals surface area contributed by atoms with Crippen molar-refractivity contribution in [3.63, 3.8) is 0 Å². The second-order valence-electron chi connectivity index (χ2n) is 10.5. The fourth-order valence-electron chi connectivity index (χ4n) is 4.72. The Morgan fingerprint density at radius 2 is 1.98 bits per heavy atom. The molecule has 1 aliphatic rings. The molecule has 2 N–H and O–H groups in total. The van der Waals surface area contributed by atoms with Gasteiger partial charge in [0.25, 0.3) is 15.9 Å². The third-order valence-electron chi connectivity index (χ3n) is 6.71. The Balaban J connectivity index is 1.47. The number of hydrogen-bond acceptors (Lipinski definition) is 8. The molecule has 1 saturated heterocycles. The van der Waals surface area contributed by atoms with Gasteiger partial charge in [-0.3, -0.25) is 14.4 Å². The van der Waals surface area contributed by atoms with Crippen molar-refractivity contribution in [1.82, 2.24) is 19.9 Å². The SMILES string of the molecule is COc1ccc2oc(C(=O)N[C@@H](CC(C)C)C(=O)NC3CC(C)CN(S(=O)(=O)c4ccccn4)CC3=O)cc2c1. The predicted octanol–water partition coefficient (Wildman–Crippen LogP) is 2.77. The lowest BCUT2D eigenvalue weighted by Gasteiger charge is -2.23. The van der Waals surface area contributed by atoms with Crippen LogP contribution in [0.25, 0.3) is 11.0 Å². The highest BCUT2D eigenvalue weighted by atomic mass is 32.2. The van der Waals surface area contributed by atoms with Crippen molar-refractivity contribution < 1.29 is 32.0 Å². The smallest absolute Gasteiger partial charge is 0.287 e. The van der Waals surface area contributed by atoms with Crippen LogP contribution in [0.5, 0.6) is 5.75 Å². The lowest BCUT2D eigenvalue weighted by atomic mass is 9.98. The quantitative estimate of drug-likeness (QED) is 0.399. The number of carbonyl (C=O) groups is 3. The summed E-state index contributed by atoms with van der Waals surface area (Å²) in [5, 5.41) is 6.05. The second kappa shape index (κ2) is 12.2. The molecule has 1 fully saturated rings. The molecule has 3 atom stereocenters. The van der Waals surface area contributed by atoms with Crippen LogP contribution in [-0.2, 0) is 19.6 Å². The number of ketones is 1. The van der Waals surface area contributed by atoms with E-state index in [2.05, 4.69) is 15.6 Å². The largest absolute Gasteiger partial charge is 0.497 e. The molecule has 0 spiro atoms. The topological polar surface area (TPSA) is 148 Å². The predicted molar refractivity (Wildman–Crippen MR) is 147 cm³/mol. The molecule has 2 amide bonds.